The summed E-state index contributed by atoms with van der Waals surface area (Å²) in [5.41, 5.74) is 0. The van der Waals surface area contributed by atoms with Crippen LogP contribution < -0.4 is 0 Å². The number of hydrogen-bond acceptors (Lipinski definition) is 15. The fourth-order valence-corrected chi connectivity index (χ4v) is 11.3. The van der Waals surface area contributed by atoms with Crippen LogP contribution in [0.5, 0.6) is 0 Å². The van der Waals surface area contributed by atoms with E-state index in [2.05, 4.69) is 41.5 Å². The molecule has 2 unspecified atom stereocenters. The molecular weight excluding hydrogens is 1110 g/mol. The number of phosphoric acid groups is 2. The zero-order valence-electron chi connectivity index (χ0n) is 54.2. The van der Waals surface area contributed by atoms with Crippen LogP contribution in [-0.4, -0.2) is 96.7 Å². The maximum atomic E-state index is 13.0. The number of phosphoric ester groups is 2. The number of unbranched alkanes of at least 4 members (excludes halogenated alkanes) is 34. The number of hydrogen-bond donors (Lipinski definition) is 3. The molecule has 0 spiro atoms. The molecule has 0 saturated heterocycles. The van der Waals surface area contributed by atoms with Gasteiger partial charge in [-0.25, -0.2) is 9.13 Å². The van der Waals surface area contributed by atoms with Crippen molar-refractivity contribution in [1.29, 1.82) is 0 Å². The van der Waals surface area contributed by atoms with Gasteiger partial charge in [0.25, 0.3) is 0 Å². The van der Waals surface area contributed by atoms with E-state index in [0.29, 0.717) is 25.7 Å². The van der Waals surface area contributed by atoms with Crippen molar-refractivity contribution in [3.63, 3.8) is 0 Å². The molecule has 0 aromatic heterocycles. The maximum Gasteiger partial charge on any atom is 0.472 e. The average molecular weight is 1240 g/mol. The van der Waals surface area contributed by atoms with Gasteiger partial charge in [-0.15, -0.1) is 0 Å². The molecule has 5 atom stereocenters. The third-order valence-electron chi connectivity index (χ3n) is 15.0. The second kappa shape index (κ2) is 57.5. The Labute approximate surface area is 511 Å². The molecule has 3 N–H and O–H groups in total. The molecule has 0 rings (SSSR count). The SMILES string of the molecule is CCCCCCCCCCCCCCCC(=O)O[C@H](COC(=O)CCCCCCCCCCCC(C)C)COP(=O)(O)OC[C@@H](O)COP(=O)(O)OC[C@@H](COC(=O)CCCCCCCCC)OC(=O)CCCCCCCCCCCC(C)C. The Balaban J connectivity index is 5.22. The Morgan fingerprint density at radius 3 is 0.810 bits per heavy atom. The third kappa shape index (κ3) is 59.0. The minimum Gasteiger partial charge on any atom is -0.462 e. The minimum absolute atomic E-state index is 0.105. The zero-order chi connectivity index (χ0) is 62.2. The van der Waals surface area contributed by atoms with E-state index in [1.807, 2.05) is 0 Å². The number of carbonyl (C=O) groups is 4. The van der Waals surface area contributed by atoms with E-state index in [9.17, 15) is 43.2 Å². The summed E-state index contributed by atoms with van der Waals surface area (Å²) in [5.74, 6) is -0.655. The number of esters is 4. The van der Waals surface area contributed by atoms with Crippen LogP contribution in [0.2, 0.25) is 0 Å². The van der Waals surface area contributed by atoms with E-state index in [1.54, 1.807) is 0 Å². The summed E-state index contributed by atoms with van der Waals surface area (Å²) in [6.07, 6.45) is 40.4. The lowest BCUT2D eigenvalue weighted by Gasteiger charge is -2.21. The predicted molar refractivity (Wildman–Crippen MR) is 335 cm³/mol. The van der Waals surface area contributed by atoms with Crippen molar-refractivity contribution in [3.05, 3.63) is 0 Å². The molecule has 0 bridgehead atoms. The van der Waals surface area contributed by atoms with E-state index in [1.165, 1.54) is 128 Å². The van der Waals surface area contributed by atoms with E-state index in [0.717, 1.165) is 115 Å². The fraction of sp³-hybridized carbons (Fsp3) is 0.938. The second-order valence-electron chi connectivity index (χ2n) is 24.5. The van der Waals surface area contributed by atoms with Crippen LogP contribution in [0.25, 0.3) is 0 Å². The van der Waals surface area contributed by atoms with Gasteiger partial charge >= 0.3 is 39.5 Å². The molecule has 0 aliphatic heterocycles. The van der Waals surface area contributed by atoms with Gasteiger partial charge in [-0.05, 0) is 37.5 Å². The molecule has 0 radical (unpaired) electrons. The highest BCUT2D eigenvalue weighted by Gasteiger charge is 2.30. The Kier molecular flexibility index (Phi) is 56.2. The van der Waals surface area contributed by atoms with Gasteiger partial charge in [0.1, 0.15) is 19.3 Å². The van der Waals surface area contributed by atoms with Gasteiger partial charge in [0.05, 0.1) is 26.4 Å². The van der Waals surface area contributed by atoms with Crippen LogP contribution in [-0.2, 0) is 65.4 Å². The van der Waals surface area contributed by atoms with Crippen molar-refractivity contribution in [1.82, 2.24) is 0 Å². The summed E-state index contributed by atoms with van der Waals surface area (Å²) in [7, 11) is -9.89. The van der Waals surface area contributed by atoms with Crippen molar-refractivity contribution in [3.8, 4) is 0 Å². The van der Waals surface area contributed by atoms with Crippen molar-refractivity contribution in [2.45, 2.75) is 342 Å². The number of aliphatic hydroxyl groups is 1. The summed E-state index contributed by atoms with van der Waals surface area (Å²) >= 11 is 0. The number of rotatable bonds is 64. The van der Waals surface area contributed by atoms with Crippen molar-refractivity contribution >= 4 is 39.5 Å². The summed E-state index contributed by atoms with van der Waals surface area (Å²) in [6.45, 7) is 9.43. The molecule has 0 aromatic rings. The van der Waals surface area contributed by atoms with Gasteiger partial charge < -0.3 is 33.8 Å². The number of ether oxygens (including phenoxy) is 4. The summed E-state index contributed by atoms with van der Waals surface area (Å²) in [4.78, 5) is 72.2. The predicted octanol–water partition coefficient (Wildman–Crippen LogP) is 18.0. The first-order valence-electron chi connectivity index (χ1n) is 34.0. The molecule has 0 aromatic carbocycles. The molecule has 17 nitrogen and oxygen atoms in total. The molecule has 84 heavy (non-hydrogen) atoms. The van der Waals surface area contributed by atoms with Gasteiger partial charge in [0, 0.05) is 25.7 Å². The minimum atomic E-state index is -4.94. The molecule has 0 aliphatic carbocycles. The van der Waals surface area contributed by atoms with Crippen LogP contribution in [0.1, 0.15) is 324 Å². The first-order valence-corrected chi connectivity index (χ1v) is 37.0. The standard InChI is InChI=1S/C65H126O17P2/c1-7-9-11-13-15-16-17-18-19-24-31-37-43-49-64(69)82-61(54-76-63(68)48-42-36-30-25-20-22-28-33-39-45-57(3)4)56-80-84(73,74)78-52-59(66)51-77-83(71,72)79-55-60(53-75-62(67)47-41-35-27-14-12-10-8-2)81-65(70)50-44-38-32-26-21-23-29-34-40-46-58(5)6/h57-61,66H,7-56H2,1-6H3,(H,71,72)(H,73,74)/t59-,60+,61+/m0/s1. The highest BCUT2D eigenvalue weighted by atomic mass is 31.2. The molecule has 498 valence electrons. The van der Waals surface area contributed by atoms with Crippen LogP contribution in [0.3, 0.4) is 0 Å². The molecular formula is C65H126O17P2. The lowest BCUT2D eigenvalue weighted by atomic mass is 10.0. The van der Waals surface area contributed by atoms with E-state index in [-0.39, 0.29) is 25.7 Å². The van der Waals surface area contributed by atoms with Gasteiger partial charge in [-0.2, -0.15) is 0 Å². The highest BCUT2D eigenvalue weighted by Crippen LogP contribution is 2.45. The fourth-order valence-electron chi connectivity index (χ4n) is 9.71. The Bertz CT molecular complexity index is 1650. The summed E-state index contributed by atoms with van der Waals surface area (Å²) in [5, 5.41) is 10.5. The zero-order valence-corrected chi connectivity index (χ0v) is 56.0. The normalized spacial score (nSPS) is 14.3. The van der Waals surface area contributed by atoms with Gasteiger partial charge in [0.2, 0.25) is 0 Å². The first-order chi connectivity index (χ1) is 40.4. The van der Waals surface area contributed by atoms with E-state index < -0.39 is 97.5 Å². The Morgan fingerprint density at radius 1 is 0.321 bits per heavy atom. The highest BCUT2D eigenvalue weighted by molar-refractivity contribution is 7.47. The number of aliphatic hydroxyl groups excluding tert-OH is 1. The van der Waals surface area contributed by atoms with Gasteiger partial charge in [0.15, 0.2) is 12.2 Å². The molecule has 0 saturated carbocycles. The summed E-state index contributed by atoms with van der Waals surface area (Å²) in [6, 6.07) is 0. The third-order valence-corrected chi connectivity index (χ3v) is 16.9. The van der Waals surface area contributed by atoms with Crippen molar-refractivity contribution in [2.24, 2.45) is 11.8 Å². The molecule has 0 amide bonds. The first kappa shape index (κ1) is 82.1. The van der Waals surface area contributed by atoms with Crippen LogP contribution in [0.4, 0.5) is 0 Å². The molecule has 19 heteroatoms. The lowest BCUT2D eigenvalue weighted by Crippen LogP contribution is -2.30. The van der Waals surface area contributed by atoms with Gasteiger partial charge in [-0.3, -0.25) is 37.3 Å². The Morgan fingerprint density at radius 2 is 0.548 bits per heavy atom. The van der Waals surface area contributed by atoms with E-state index in [4.69, 9.17) is 37.0 Å². The summed E-state index contributed by atoms with van der Waals surface area (Å²) < 4.78 is 68.0. The van der Waals surface area contributed by atoms with Crippen LogP contribution in [0.15, 0.2) is 0 Å². The average Bonchev–Trinajstić information content (AvgIpc) is 3.64. The number of carbonyl (C=O) groups excluding carboxylic acids is 4. The van der Waals surface area contributed by atoms with E-state index >= 15 is 0 Å². The Hall–Kier alpha value is -1.94. The molecule has 0 heterocycles. The van der Waals surface area contributed by atoms with Crippen LogP contribution in [0, 0.1) is 11.8 Å². The smallest absolute Gasteiger partial charge is 0.462 e. The maximum absolute atomic E-state index is 13.0. The van der Waals surface area contributed by atoms with Crippen molar-refractivity contribution < 1.29 is 80.2 Å². The largest absolute Gasteiger partial charge is 0.472 e. The molecule has 0 fully saturated rings. The second-order valence-corrected chi connectivity index (χ2v) is 27.4. The molecule has 0 aliphatic rings. The topological polar surface area (TPSA) is 237 Å². The van der Waals surface area contributed by atoms with Crippen LogP contribution >= 0.6 is 15.6 Å². The van der Waals surface area contributed by atoms with Gasteiger partial charge in [-0.1, -0.05) is 273 Å². The quantitative estimate of drug-likeness (QED) is 0.0222. The lowest BCUT2D eigenvalue weighted by molar-refractivity contribution is -0.161. The van der Waals surface area contributed by atoms with Crippen molar-refractivity contribution in [2.75, 3.05) is 39.6 Å². The monoisotopic (exact) mass is 1240 g/mol.